The van der Waals surface area contributed by atoms with Crippen LogP contribution in [0.2, 0.25) is 5.02 Å². The summed E-state index contributed by atoms with van der Waals surface area (Å²) in [6.07, 6.45) is 4.06. The molecule has 0 aliphatic carbocycles. The van der Waals surface area contributed by atoms with Gasteiger partial charge < -0.3 is 5.32 Å². The number of carbonyl (C=O) groups excluding carboxylic acids is 1. The molecule has 3 rings (SSSR count). The molecule has 9 heteroatoms. The topological polar surface area (TPSA) is 73.0 Å². The summed E-state index contributed by atoms with van der Waals surface area (Å²) in [5, 5.41) is 3.43. The van der Waals surface area contributed by atoms with E-state index in [0.29, 0.717) is 50.0 Å². The van der Waals surface area contributed by atoms with Crippen molar-refractivity contribution in [1.82, 2.24) is 13.5 Å². The second-order valence-electron chi connectivity index (χ2n) is 7.98. The van der Waals surface area contributed by atoms with E-state index in [1.54, 1.807) is 8.61 Å². The third-order valence-electron chi connectivity index (χ3n) is 5.61. The summed E-state index contributed by atoms with van der Waals surface area (Å²) >= 11 is 6.27. The van der Waals surface area contributed by atoms with E-state index in [1.807, 2.05) is 30.9 Å². The van der Waals surface area contributed by atoms with Crippen molar-refractivity contribution in [2.24, 2.45) is 0 Å². The minimum atomic E-state index is -3.40. The average molecular weight is 443 g/mol. The summed E-state index contributed by atoms with van der Waals surface area (Å²) < 4.78 is 29.0. The van der Waals surface area contributed by atoms with Crippen LogP contribution in [0.1, 0.15) is 36.8 Å². The second kappa shape index (κ2) is 9.75. The Bertz CT molecular complexity index is 807. The second-order valence-corrected chi connectivity index (χ2v) is 10.3. The SMILES string of the molecule is Cc1cc(C)c(NC(=O)CN2CCN(S(=O)(=O)N3CCCCCC3)CC2)c(Cl)c1. The molecule has 1 amide bonds. The van der Waals surface area contributed by atoms with E-state index in [0.717, 1.165) is 36.8 Å². The van der Waals surface area contributed by atoms with Crippen molar-refractivity contribution in [3.05, 3.63) is 28.3 Å². The zero-order valence-electron chi connectivity index (χ0n) is 17.3. The van der Waals surface area contributed by atoms with Gasteiger partial charge in [0.05, 0.1) is 17.3 Å². The summed E-state index contributed by atoms with van der Waals surface area (Å²) in [6, 6.07) is 3.81. The lowest BCUT2D eigenvalue weighted by molar-refractivity contribution is -0.117. The number of carbonyl (C=O) groups is 1. The number of rotatable bonds is 5. The number of hydrogen-bond donors (Lipinski definition) is 1. The lowest BCUT2D eigenvalue weighted by atomic mass is 10.1. The van der Waals surface area contributed by atoms with Crippen molar-refractivity contribution in [3.63, 3.8) is 0 Å². The fraction of sp³-hybridized carbons (Fsp3) is 0.650. The van der Waals surface area contributed by atoms with Crippen LogP contribution in [-0.4, -0.2) is 73.6 Å². The van der Waals surface area contributed by atoms with Crippen LogP contribution in [0, 0.1) is 13.8 Å². The number of aryl methyl sites for hydroxylation is 2. The van der Waals surface area contributed by atoms with E-state index >= 15 is 0 Å². The Morgan fingerprint density at radius 2 is 1.55 bits per heavy atom. The number of nitrogens with one attached hydrogen (secondary N) is 1. The van der Waals surface area contributed by atoms with Gasteiger partial charge in [-0.05, 0) is 43.9 Å². The van der Waals surface area contributed by atoms with Crippen LogP contribution >= 0.6 is 11.6 Å². The first kappa shape index (κ1) is 22.5. The molecule has 2 aliphatic heterocycles. The molecule has 2 fully saturated rings. The Balaban J connectivity index is 1.52. The number of amides is 1. The van der Waals surface area contributed by atoms with Crippen molar-refractivity contribution in [1.29, 1.82) is 0 Å². The summed E-state index contributed by atoms with van der Waals surface area (Å²) in [5.74, 6) is -0.136. The quantitative estimate of drug-likeness (QED) is 0.760. The van der Waals surface area contributed by atoms with Gasteiger partial charge in [0, 0.05) is 39.3 Å². The molecule has 2 heterocycles. The van der Waals surface area contributed by atoms with E-state index in [2.05, 4.69) is 5.32 Å². The fourth-order valence-corrected chi connectivity index (χ4v) is 6.05. The summed E-state index contributed by atoms with van der Waals surface area (Å²) in [6.45, 7) is 7.24. The number of hydrogen-bond acceptors (Lipinski definition) is 4. The number of nitrogens with zero attached hydrogens (tertiary/aromatic N) is 3. The molecule has 0 atom stereocenters. The first-order valence-electron chi connectivity index (χ1n) is 10.3. The van der Waals surface area contributed by atoms with Gasteiger partial charge in [-0.15, -0.1) is 0 Å². The molecule has 0 aromatic heterocycles. The van der Waals surface area contributed by atoms with Gasteiger partial charge in [-0.1, -0.05) is 30.5 Å². The normalized spacial score (nSPS) is 20.4. The molecule has 0 radical (unpaired) electrons. The molecule has 0 saturated carbocycles. The Hall–Kier alpha value is -1.19. The molecule has 0 bridgehead atoms. The lowest BCUT2D eigenvalue weighted by Crippen LogP contribution is -2.54. The summed E-state index contributed by atoms with van der Waals surface area (Å²) in [5.41, 5.74) is 2.62. The Kier molecular flexibility index (Phi) is 7.56. The largest absolute Gasteiger partial charge is 0.323 e. The first-order chi connectivity index (χ1) is 13.8. The minimum Gasteiger partial charge on any atom is -0.323 e. The molecule has 1 N–H and O–H groups in total. The van der Waals surface area contributed by atoms with Gasteiger partial charge in [-0.3, -0.25) is 9.69 Å². The van der Waals surface area contributed by atoms with Crippen molar-refractivity contribution in [2.75, 3.05) is 51.1 Å². The number of piperazine rings is 1. The smallest absolute Gasteiger partial charge is 0.282 e. The highest BCUT2D eigenvalue weighted by Gasteiger charge is 2.32. The van der Waals surface area contributed by atoms with Crippen LogP contribution in [0.3, 0.4) is 0 Å². The van der Waals surface area contributed by atoms with Crippen LogP contribution in [0.15, 0.2) is 12.1 Å². The Morgan fingerprint density at radius 3 is 2.14 bits per heavy atom. The van der Waals surface area contributed by atoms with Crippen LogP contribution in [0.4, 0.5) is 5.69 Å². The van der Waals surface area contributed by atoms with E-state index in [9.17, 15) is 13.2 Å². The third-order valence-corrected chi connectivity index (χ3v) is 7.95. The number of halogens is 1. The summed E-state index contributed by atoms with van der Waals surface area (Å²) in [4.78, 5) is 14.5. The van der Waals surface area contributed by atoms with Gasteiger partial charge in [-0.2, -0.15) is 17.0 Å². The third kappa shape index (κ3) is 5.70. The average Bonchev–Trinajstić information content (AvgIpc) is 2.95. The zero-order chi connectivity index (χ0) is 21.0. The highest BCUT2D eigenvalue weighted by Crippen LogP contribution is 2.27. The zero-order valence-corrected chi connectivity index (χ0v) is 18.9. The maximum atomic E-state index is 12.9. The predicted molar refractivity (Wildman–Crippen MR) is 117 cm³/mol. The van der Waals surface area contributed by atoms with E-state index in [4.69, 9.17) is 11.6 Å². The van der Waals surface area contributed by atoms with Crippen LogP contribution in [-0.2, 0) is 15.0 Å². The van der Waals surface area contributed by atoms with Crippen molar-refractivity contribution < 1.29 is 13.2 Å². The van der Waals surface area contributed by atoms with Gasteiger partial charge in [0.1, 0.15) is 0 Å². The molecule has 0 spiro atoms. The first-order valence-corrected chi connectivity index (χ1v) is 12.1. The van der Waals surface area contributed by atoms with E-state index in [1.165, 1.54) is 0 Å². The van der Waals surface area contributed by atoms with Crippen molar-refractivity contribution >= 4 is 33.4 Å². The monoisotopic (exact) mass is 442 g/mol. The highest BCUT2D eigenvalue weighted by atomic mass is 35.5. The van der Waals surface area contributed by atoms with Crippen LogP contribution < -0.4 is 5.32 Å². The Morgan fingerprint density at radius 1 is 0.966 bits per heavy atom. The highest BCUT2D eigenvalue weighted by molar-refractivity contribution is 7.86. The van der Waals surface area contributed by atoms with Gasteiger partial charge >= 0.3 is 0 Å². The molecule has 1 aromatic rings. The summed E-state index contributed by atoms with van der Waals surface area (Å²) in [7, 11) is -3.40. The van der Waals surface area contributed by atoms with E-state index in [-0.39, 0.29) is 12.5 Å². The predicted octanol–water partition coefficient (Wildman–Crippen LogP) is 2.63. The van der Waals surface area contributed by atoms with Gasteiger partial charge in [0.25, 0.3) is 10.2 Å². The molecule has 2 saturated heterocycles. The number of benzene rings is 1. The van der Waals surface area contributed by atoms with Crippen LogP contribution in [0.5, 0.6) is 0 Å². The molecule has 162 valence electrons. The maximum Gasteiger partial charge on any atom is 0.282 e. The molecule has 0 unspecified atom stereocenters. The van der Waals surface area contributed by atoms with Crippen LogP contribution in [0.25, 0.3) is 0 Å². The Labute approximate surface area is 179 Å². The number of anilines is 1. The van der Waals surface area contributed by atoms with Gasteiger partial charge in [0.2, 0.25) is 5.91 Å². The molecule has 29 heavy (non-hydrogen) atoms. The van der Waals surface area contributed by atoms with Crippen molar-refractivity contribution in [3.8, 4) is 0 Å². The minimum absolute atomic E-state index is 0.136. The molecular formula is C20H31ClN4O3S. The van der Waals surface area contributed by atoms with Crippen molar-refractivity contribution in [2.45, 2.75) is 39.5 Å². The maximum absolute atomic E-state index is 12.9. The van der Waals surface area contributed by atoms with Gasteiger partial charge in [-0.25, -0.2) is 0 Å². The fourth-order valence-electron chi connectivity index (χ4n) is 4.01. The van der Waals surface area contributed by atoms with E-state index < -0.39 is 10.2 Å². The molecule has 7 nitrogen and oxygen atoms in total. The molecule has 1 aromatic carbocycles. The molecule has 2 aliphatic rings. The molecular weight excluding hydrogens is 412 g/mol. The standard InChI is InChI=1S/C20H31ClN4O3S/c1-16-13-17(2)20(18(21)14-16)22-19(26)15-23-9-11-25(12-10-23)29(27,28)24-7-5-3-4-6-8-24/h13-14H,3-12,15H2,1-2H3,(H,22,26). The lowest BCUT2D eigenvalue weighted by Gasteiger charge is -2.36. The van der Waals surface area contributed by atoms with Gasteiger partial charge in [0.15, 0.2) is 0 Å².